The maximum atomic E-state index is 12.5. The van der Waals surface area contributed by atoms with E-state index in [9.17, 15) is 8.42 Å². The molecule has 2 N–H and O–H groups in total. The van der Waals surface area contributed by atoms with Crippen molar-refractivity contribution < 1.29 is 8.42 Å². The van der Waals surface area contributed by atoms with Crippen molar-refractivity contribution in [2.75, 3.05) is 11.9 Å². The van der Waals surface area contributed by atoms with Gasteiger partial charge in [-0.2, -0.15) is 0 Å². The van der Waals surface area contributed by atoms with Gasteiger partial charge in [0, 0.05) is 18.3 Å². The van der Waals surface area contributed by atoms with Crippen LogP contribution in [0.15, 0.2) is 23.1 Å². The first-order valence-corrected chi connectivity index (χ1v) is 8.94. The predicted molar refractivity (Wildman–Crippen MR) is 80.4 cm³/mol. The van der Waals surface area contributed by atoms with Crippen molar-refractivity contribution in [2.45, 2.75) is 50.0 Å². The number of hydrogen-bond donors (Lipinski definition) is 2. The summed E-state index contributed by atoms with van der Waals surface area (Å²) in [6.45, 7) is 3.03. The monoisotopic (exact) mass is 294 g/mol. The van der Waals surface area contributed by atoms with Gasteiger partial charge in [-0.3, -0.25) is 0 Å². The summed E-state index contributed by atoms with van der Waals surface area (Å²) < 4.78 is 27.9. The van der Waals surface area contributed by atoms with Crippen molar-refractivity contribution in [3.63, 3.8) is 0 Å². The minimum Gasteiger partial charge on any atom is -0.384 e. The molecule has 1 aromatic rings. The Morgan fingerprint density at radius 3 is 2.85 bits per heavy atom. The van der Waals surface area contributed by atoms with E-state index in [0.29, 0.717) is 10.8 Å². The summed E-state index contributed by atoms with van der Waals surface area (Å²) >= 11 is 0. The van der Waals surface area contributed by atoms with Gasteiger partial charge >= 0.3 is 0 Å². The Hall–Kier alpha value is -1.07. The van der Waals surface area contributed by atoms with Crippen LogP contribution >= 0.6 is 0 Å². The van der Waals surface area contributed by atoms with E-state index in [0.717, 1.165) is 37.9 Å². The van der Waals surface area contributed by atoms with E-state index in [1.54, 1.807) is 12.1 Å². The zero-order chi connectivity index (χ0) is 14.2. The average molecular weight is 294 g/mol. The Labute approximate surface area is 121 Å². The fourth-order valence-corrected chi connectivity index (χ4v) is 4.60. The highest BCUT2D eigenvalue weighted by molar-refractivity contribution is 7.89. The molecule has 3 rings (SSSR count). The van der Waals surface area contributed by atoms with Crippen LogP contribution in [0, 0.1) is 5.92 Å². The van der Waals surface area contributed by atoms with Crippen molar-refractivity contribution in [1.29, 1.82) is 0 Å². The first-order chi connectivity index (χ1) is 9.56. The highest BCUT2D eigenvalue weighted by atomic mass is 32.2. The average Bonchev–Trinajstić information content (AvgIpc) is 2.88. The molecule has 2 aliphatic rings. The van der Waals surface area contributed by atoms with Gasteiger partial charge in [-0.15, -0.1) is 0 Å². The second-order valence-corrected chi connectivity index (χ2v) is 7.70. The second kappa shape index (κ2) is 5.37. The van der Waals surface area contributed by atoms with E-state index in [4.69, 9.17) is 0 Å². The topological polar surface area (TPSA) is 58.2 Å². The van der Waals surface area contributed by atoms with E-state index in [1.165, 1.54) is 12.0 Å². The van der Waals surface area contributed by atoms with Crippen LogP contribution in [-0.2, 0) is 16.4 Å². The lowest BCUT2D eigenvalue weighted by molar-refractivity contribution is 0.310. The number of nitrogens with one attached hydrogen (secondary N) is 2. The third-order valence-corrected chi connectivity index (χ3v) is 6.01. The molecule has 1 aromatic carbocycles. The lowest BCUT2D eigenvalue weighted by Crippen LogP contribution is -2.40. The molecule has 0 bridgehead atoms. The lowest BCUT2D eigenvalue weighted by atomic mass is 9.87. The molecule has 1 aliphatic carbocycles. The maximum Gasteiger partial charge on any atom is 0.240 e. The van der Waals surface area contributed by atoms with Crippen molar-refractivity contribution >= 4 is 15.7 Å². The van der Waals surface area contributed by atoms with Gasteiger partial charge < -0.3 is 5.32 Å². The normalized spacial score (nSPS) is 26.1. The van der Waals surface area contributed by atoms with Gasteiger partial charge in [0.05, 0.1) is 4.90 Å². The molecule has 2 unspecified atom stereocenters. The zero-order valence-electron chi connectivity index (χ0n) is 11.9. The van der Waals surface area contributed by atoms with Crippen molar-refractivity contribution in [1.82, 2.24) is 4.72 Å². The summed E-state index contributed by atoms with van der Waals surface area (Å²) in [5.41, 5.74) is 2.17. The van der Waals surface area contributed by atoms with Gasteiger partial charge in [0.2, 0.25) is 10.0 Å². The standard InChI is InChI=1S/C15H22N2O2S/c1-11-4-2-3-5-14(11)17-20(18,19)13-7-6-12-8-9-16-15(12)10-13/h6-7,10-11,14,16-17H,2-5,8-9H2,1H3. The Morgan fingerprint density at radius 1 is 1.25 bits per heavy atom. The molecule has 20 heavy (non-hydrogen) atoms. The Balaban J connectivity index is 1.81. The number of benzene rings is 1. The van der Waals surface area contributed by atoms with Gasteiger partial charge in [0.1, 0.15) is 0 Å². The van der Waals surface area contributed by atoms with Gasteiger partial charge in [-0.05, 0) is 42.9 Å². The number of hydrogen-bond acceptors (Lipinski definition) is 3. The van der Waals surface area contributed by atoms with Gasteiger partial charge in [0.15, 0.2) is 0 Å². The first-order valence-electron chi connectivity index (χ1n) is 7.45. The molecular formula is C15H22N2O2S. The molecule has 0 amide bonds. The van der Waals surface area contributed by atoms with E-state index in [2.05, 4.69) is 17.0 Å². The third-order valence-electron chi connectivity index (χ3n) is 4.52. The van der Waals surface area contributed by atoms with Crippen molar-refractivity contribution in [2.24, 2.45) is 5.92 Å². The highest BCUT2D eigenvalue weighted by Gasteiger charge is 2.27. The van der Waals surface area contributed by atoms with Crippen LogP contribution in [0.5, 0.6) is 0 Å². The first kappa shape index (κ1) is 13.9. The molecular weight excluding hydrogens is 272 g/mol. The summed E-state index contributed by atoms with van der Waals surface area (Å²) in [5, 5.41) is 3.23. The smallest absolute Gasteiger partial charge is 0.240 e. The van der Waals surface area contributed by atoms with E-state index < -0.39 is 10.0 Å². The number of rotatable bonds is 3. The molecule has 0 radical (unpaired) electrons. The summed E-state index contributed by atoms with van der Waals surface area (Å²) in [5.74, 6) is 0.422. The number of sulfonamides is 1. The van der Waals surface area contributed by atoms with Crippen LogP contribution < -0.4 is 10.0 Å². The summed E-state index contributed by atoms with van der Waals surface area (Å²) in [4.78, 5) is 0.378. The molecule has 0 aromatic heterocycles. The fourth-order valence-electron chi connectivity index (χ4n) is 3.20. The van der Waals surface area contributed by atoms with Gasteiger partial charge in [-0.1, -0.05) is 25.8 Å². The molecule has 1 saturated carbocycles. The molecule has 1 fully saturated rings. The van der Waals surface area contributed by atoms with Gasteiger partial charge in [-0.25, -0.2) is 13.1 Å². The summed E-state index contributed by atoms with van der Waals surface area (Å²) in [6, 6.07) is 5.49. The number of fused-ring (bicyclic) bond motifs is 1. The van der Waals surface area contributed by atoms with Crippen LogP contribution in [0.25, 0.3) is 0 Å². The molecule has 1 aliphatic heterocycles. The summed E-state index contributed by atoms with van der Waals surface area (Å²) in [6.07, 6.45) is 5.36. The number of anilines is 1. The molecule has 2 atom stereocenters. The molecule has 110 valence electrons. The molecule has 5 heteroatoms. The molecule has 1 heterocycles. The van der Waals surface area contributed by atoms with Crippen molar-refractivity contribution in [3.05, 3.63) is 23.8 Å². The Bertz CT molecular complexity index is 598. The minimum absolute atomic E-state index is 0.0787. The van der Waals surface area contributed by atoms with Crippen LogP contribution in [0.1, 0.15) is 38.2 Å². The fraction of sp³-hybridized carbons (Fsp3) is 0.600. The molecule has 4 nitrogen and oxygen atoms in total. The zero-order valence-corrected chi connectivity index (χ0v) is 12.7. The van der Waals surface area contributed by atoms with E-state index in [-0.39, 0.29) is 6.04 Å². The minimum atomic E-state index is -3.40. The van der Waals surface area contributed by atoms with E-state index >= 15 is 0 Å². The highest BCUT2D eigenvalue weighted by Crippen LogP contribution is 2.28. The Kier molecular flexibility index (Phi) is 3.73. The van der Waals surface area contributed by atoms with Crippen LogP contribution in [-0.4, -0.2) is 21.0 Å². The second-order valence-electron chi connectivity index (χ2n) is 5.99. The van der Waals surface area contributed by atoms with Gasteiger partial charge in [0.25, 0.3) is 0 Å². The van der Waals surface area contributed by atoms with Crippen molar-refractivity contribution in [3.8, 4) is 0 Å². The quantitative estimate of drug-likeness (QED) is 0.900. The third kappa shape index (κ3) is 2.69. The maximum absolute atomic E-state index is 12.5. The largest absolute Gasteiger partial charge is 0.384 e. The predicted octanol–water partition coefficient (Wildman–Crippen LogP) is 2.51. The van der Waals surface area contributed by atoms with Crippen LogP contribution in [0.2, 0.25) is 0 Å². The summed E-state index contributed by atoms with van der Waals surface area (Å²) in [7, 11) is -3.40. The Morgan fingerprint density at radius 2 is 2.05 bits per heavy atom. The molecule has 0 saturated heterocycles. The SMILES string of the molecule is CC1CCCCC1NS(=O)(=O)c1ccc2c(c1)NCC2. The van der Waals surface area contributed by atoms with Crippen LogP contribution in [0.3, 0.4) is 0 Å². The lowest BCUT2D eigenvalue weighted by Gasteiger charge is -2.29. The molecule has 0 spiro atoms. The van der Waals surface area contributed by atoms with E-state index in [1.807, 2.05) is 6.07 Å². The van der Waals surface area contributed by atoms with Crippen LogP contribution in [0.4, 0.5) is 5.69 Å².